The van der Waals surface area contributed by atoms with Crippen molar-refractivity contribution in [2.75, 3.05) is 13.1 Å². The highest BCUT2D eigenvalue weighted by Gasteiger charge is 2.29. The molecule has 0 radical (unpaired) electrons. The number of aryl methyl sites for hydroxylation is 3. The Kier molecular flexibility index (Phi) is 6.70. The number of piperidine rings is 1. The zero-order valence-electron chi connectivity index (χ0n) is 18.2. The second-order valence-corrected chi connectivity index (χ2v) is 8.85. The van der Waals surface area contributed by atoms with Gasteiger partial charge in [-0.3, -0.25) is 14.4 Å². The predicted octanol–water partition coefficient (Wildman–Crippen LogP) is 2.35. The topological polar surface area (TPSA) is 97.2 Å². The first-order valence-electron chi connectivity index (χ1n) is 10.3. The highest BCUT2D eigenvalue weighted by Crippen LogP contribution is 2.30. The van der Waals surface area contributed by atoms with E-state index in [2.05, 4.69) is 15.4 Å². The van der Waals surface area contributed by atoms with E-state index < -0.39 is 0 Å². The fourth-order valence-corrected chi connectivity index (χ4v) is 4.88. The lowest BCUT2D eigenvalue weighted by molar-refractivity contribution is -0.122. The molecule has 1 saturated heterocycles. The largest absolute Gasteiger partial charge is 0.352 e. The number of nitrogens with one attached hydrogen (secondary N) is 1. The molecule has 3 heterocycles. The van der Waals surface area contributed by atoms with Gasteiger partial charge in [0.1, 0.15) is 9.88 Å². The van der Waals surface area contributed by atoms with E-state index in [-0.39, 0.29) is 23.4 Å². The number of amides is 2. The van der Waals surface area contributed by atoms with Gasteiger partial charge in [0.25, 0.3) is 11.5 Å². The summed E-state index contributed by atoms with van der Waals surface area (Å²) in [4.78, 5) is 44.7. The first-order chi connectivity index (χ1) is 14.2. The fourth-order valence-electron chi connectivity index (χ4n) is 3.75. The van der Waals surface area contributed by atoms with Gasteiger partial charge < -0.3 is 10.2 Å². The van der Waals surface area contributed by atoms with Crippen molar-refractivity contribution < 1.29 is 9.59 Å². The quantitative estimate of drug-likeness (QED) is 0.784. The van der Waals surface area contributed by atoms with Crippen LogP contribution in [0.3, 0.4) is 0 Å². The summed E-state index contributed by atoms with van der Waals surface area (Å²) in [6.45, 7) is 8.62. The number of aromatic nitrogens is 3. The standard InChI is InChI=1S/C21H29N5O3S/c1-6-8-16(27)23-15-9-7-10-26(11-15)21(29)18-14(4)22-19(30-18)17-12(2)13(3)24-25(5)20(17)28/h15H,6-11H2,1-5H3,(H,23,27). The molecule has 2 aromatic rings. The molecule has 0 bridgehead atoms. The van der Waals surface area contributed by atoms with Crippen LogP contribution in [0.15, 0.2) is 4.79 Å². The molecular weight excluding hydrogens is 402 g/mol. The third kappa shape index (κ3) is 4.45. The van der Waals surface area contributed by atoms with Crippen LogP contribution in [0.1, 0.15) is 59.2 Å². The molecule has 2 amide bonds. The van der Waals surface area contributed by atoms with Gasteiger partial charge in [-0.15, -0.1) is 11.3 Å². The van der Waals surface area contributed by atoms with Crippen LogP contribution in [-0.2, 0) is 11.8 Å². The first kappa shape index (κ1) is 22.1. The van der Waals surface area contributed by atoms with E-state index in [1.54, 1.807) is 18.9 Å². The number of carbonyl (C=O) groups is 2. The summed E-state index contributed by atoms with van der Waals surface area (Å²) in [5.74, 6) is -0.0571. The second kappa shape index (κ2) is 9.07. The molecule has 0 saturated carbocycles. The Morgan fingerprint density at radius 2 is 1.97 bits per heavy atom. The third-order valence-corrected chi connectivity index (χ3v) is 6.64. The van der Waals surface area contributed by atoms with Gasteiger partial charge in [0.05, 0.1) is 17.0 Å². The smallest absolute Gasteiger partial charge is 0.277 e. The molecule has 1 N–H and O–H groups in total. The summed E-state index contributed by atoms with van der Waals surface area (Å²) in [6, 6.07) is -0.0215. The lowest BCUT2D eigenvalue weighted by Gasteiger charge is -2.33. The molecular formula is C21H29N5O3S. The van der Waals surface area contributed by atoms with E-state index in [1.807, 2.05) is 20.8 Å². The molecule has 30 heavy (non-hydrogen) atoms. The van der Waals surface area contributed by atoms with Crippen molar-refractivity contribution in [2.24, 2.45) is 7.05 Å². The molecule has 8 nitrogen and oxygen atoms in total. The normalized spacial score (nSPS) is 16.6. The van der Waals surface area contributed by atoms with E-state index in [4.69, 9.17) is 0 Å². The Morgan fingerprint density at radius 1 is 1.23 bits per heavy atom. The molecule has 1 aliphatic heterocycles. The van der Waals surface area contributed by atoms with Gasteiger partial charge in [-0.05, 0) is 45.6 Å². The molecule has 9 heteroatoms. The fraction of sp³-hybridized carbons (Fsp3) is 0.571. The first-order valence-corrected chi connectivity index (χ1v) is 11.2. The van der Waals surface area contributed by atoms with Crippen LogP contribution >= 0.6 is 11.3 Å². The average Bonchev–Trinajstić information content (AvgIpc) is 3.07. The van der Waals surface area contributed by atoms with E-state index in [9.17, 15) is 14.4 Å². The molecule has 1 aliphatic rings. The molecule has 1 atom stereocenters. The average molecular weight is 432 g/mol. The van der Waals surface area contributed by atoms with Crippen LogP contribution < -0.4 is 10.9 Å². The predicted molar refractivity (Wildman–Crippen MR) is 117 cm³/mol. The number of likely N-dealkylation sites (tertiary alicyclic amines) is 1. The monoisotopic (exact) mass is 431 g/mol. The number of nitrogens with zero attached hydrogens (tertiary/aromatic N) is 4. The van der Waals surface area contributed by atoms with Gasteiger partial charge in [0, 0.05) is 32.6 Å². The van der Waals surface area contributed by atoms with E-state index in [1.165, 1.54) is 16.0 Å². The SMILES string of the molecule is CCCC(=O)NC1CCCN(C(=O)c2sc(-c3c(C)c(C)nn(C)c3=O)nc2C)C1. The minimum atomic E-state index is -0.220. The number of rotatable bonds is 5. The van der Waals surface area contributed by atoms with Crippen LogP contribution in [0.25, 0.3) is 10.6 Å². The van der Waals surface area contributed by atoms with Gasteiger partial charge >= 0.3 is 0 Å². The number of carbonyl (C=O) groups excluding carboxylic acids is 2. The van der Waals surface area contributed by atoms with Crippen molar-refractivity contribution in [1.29, 1.82) is 0 Å². The molecule has 3 rings (SSSR count). The van der Waals surface area contributed by atoms with Crippen LogP contribution in [0.5, 0.6) is 0 Å². The Morgan fingerprint density at radius 3 is 2.67 bits per heavy atom. The van der Waals surface area contributed by atoms with Gasteiger partial charge in [0.2, 0.25) is 5.91 Å². The van der Waals surface area contributed by atoms with Crippen LogP contribution in [0.2, 0.25) is 0 Å². The Balaban J connectivity index is 1.85. The maximum Gasteiger partial charge on any atom is 0.277 e. The molecule has 0 spiro atoms. The van der Waals surface area contributed by atoms with Crippen LogP contribution in [0.4, 0.5) is 0 Å². The Hall–Kier alpha value is -2.55. The number of hydrogen-bond acceptors (Lipinski definition) is 6. The molecule has 2 aromatic heterocycles. The Bertz CT molecular complexity index is 1030. The maximum absolute atomic E-state index is 13.2. The van der Waals surface area contributed by atoms with Crippen molar-refractivity contribution in [2.45, 2.75) is 59.4 Å². The summed E-state index contributed by atoms with van der Waals surface area (Å²) >= 11 is 1.25. The van der Waals surface area contributed by atoms with Crippen LogP contribution in [0, 0.1) is 20.8 Å². The van der Waals surface area contributed by atoms with Gasteiger partial charge in [-0.2, -0.15) is 5.10 Å². The highest BCUT2D eigenvalue weighted by molar-refractivity contribution is 7.17. The minimum absolute atomic E-state index is 0.0215. The summed E-state index contributed by atoms with van der Waals surface area (Å²) in [5, 5.41) is 7.79. The summed E-state index contributed by atoms with van der Waals surface area (Å²) in [7, 11) is 1.62. The third-order valence-electron chi connectivity index (χ3n) is 5.48. The van der Waals surface area contributed by atoms with Gasteiger partial charge in [-0.25, -0.2) is 9.67 Å². The van der Waals surface area contributed by atoms with E-state index in [0.29, 0.717) is 40.7 Å². The molecule has 162 valence electrons. The van der Waals surface area contributed by atoms with Crippen molar-refractivity contribution >= 4 is 23.2 Å². The van der Waals surface area contributed by atoms with Crippen molar-refractivity contribution in [1.82, 2.24) is 25.0 Å². The maximum atomic E-state index is 13.2. The van der Waals surface area contributed by atoms with Crippen molar-refractivity contribution in [3.05, 3.63) is 32.2 Å². The second-order valence-electron chi connectivity index (χ2n) is 7.86. The van der Waals surface area contributed by atoms with E-state index >= 15 is 0 Å². The van der Waals surface area contributed by atoms with Gasteiger partial charge in [-0.1, -0.05) is 6.92 Å². The van der Waals surface area contributed by atoms with Crippen molar-refractivity contribution in [3.63, 3.8) is 0 Å². The lowest BCUT2D eigenvalue weighted by atomic mass is 10.0. The zero-order valence-corrected chi connectivity index (χ0v) is 19.1. The molecule has 0 aromatic carbocycles. The molecule has 1 unspecified atom stereocenters. The van der Waals surface area contributed by atoms with Crippen molar-refractivity contribution in [3.8, 4) is 10.6 Å². The number of thiazole rings is 1. The summed E-state index contributed by atoms with van der Waals surface area (Å²) in [5.41, 5.74) is 2.44. The Labute approximate surface area is 180 Å². The molecule has 0 aliphatic carbocycles. The van der Waals surface area contributed by atoms with Crippen LogP contribution in [-0.4, -0.2) is 50.6 Å². The molecule has 1 fully saturated rings. The minimum Gasteiger partial charge on any atom is -0.352 e. The summed E-state index contributed by atoms with van der Waals surface area (Å²) < 4.78 is 1.31. The summed E-state index contributed by atoms with van der Waals surface area (Å²) in [6.07, 6.45) is 3.02. The number of hydrogen-bond donors (Lipinski definition) is 1. The highest BCUT2D eigenvalue weighted by atomic mass is 32.1. The van der Waals surface area contributed by atoms with E-state index in [0.717, 1.165) is 30.5 Å². The van der Waals surface area contributed by atoms with Gasteiger partial charge in [0.15, 0.2) is 0 Å². The lowest BCUT2D eigenvalue weighted by Crippen LogP contribution is -2.49. The zero-order chi connectivity index (χ0) is 22.0.